The molecule has 23 heavy (non-hydrogen) atoms. The first-order chi connectivity index (χ1) is 11.3. The molecule has 0 aliphatic carbocycles. The van der Waals surface area contributed by atoms with Crippen molar-refractivity contribution in [3.05, 3.63) is 77.8 Å². The summed E-state index contributed by atoms with van der Waals surface area (Å²) in [5.41, 5.74) is 4.58. The fraction of sp³-hybridized carbons (Fsp3) is 0.105. The van der Waals surface area contributed by atoms with E-state index in [-0.39, 0.29) is 0 Å². The van der Waals surface area contributed by atoms with Gasteiger partial charge < -0.3 is 10.3 Å². The number of benzene rings is 1. The van der Waals surface area contributed by atoms with Crippen LogP contribution in [0.4, 0.5) is 0 Å². The standard InChI is InChI=1S/C19H19N3S/c1-3-23-14(2)12-20-13-15-4-6-16(7-5-15)17-8-10-21-19-18(17)9-11-22-19/h3-11,20H,1-2,12-13H2,(H,21,22). The van der Waals surface area contributed by atoms with E-state index >= 15 is 0 Å². The number of hydrogen-bond donors (Lipinski definition) is 2. The van der Waals surface area contributed by atoms with Gasteiger partial charge in [-0.25, -0.2) is 4.98 Å². The Kier molecular flexibility index (Phi) is 4.95. The van der Waals surface area contributed by atoms with E-state index < -0.39 is 0 Å². The van der Waals surface area contributed by atoms with Gasteiger partial charge in [0.1, 0.15) is 5.65 Å². The van der Waals surface area contributed by atoms with Gasteiger partial charge in [-0.2, -0.15) is 0 Å². The summed E-state index contributed by atoms with van der Waals surface area (Å²) in [6.45, 7) is 9.28. The summed E-state index contributed by atoms with van der Waals surface area (Å²) in [6, 6.07) is 12.8. The van der Waals surface area contributed by atoms with E-state index in [1.165, 1.54) is 16.7 Å². The van der Waals surface area contributed by atoms with E-state index in [0.717, 1.165) is 29.0 Å². The van der Waals surface area contributed by atoms with E-state index in [1.54, 1.807) is 17.2 Å². The average molecular weight is 321 g/mol. The van der Waals surface area contributed by atoms with Crippen molar-refractivity contribution in [2.45, 2.75) is 6.54 Å². The number of thioether (sulfide) groups is 1. The lowest BCUT2D eigenvalue weighted by molar-refractivity contribution is 0.756. The summed E-state index contributed by atoms with van der Waals surface area (Å²) in [5.74, 6) is 0. The number of aromatic amines is 1. The lowest BCUT2D eigenvalue weighted by Crippen LogP contribution is -2.14. The maximum Gasteiger partial charge on any atom is 0.137 e. The monoisotopic (exact) mass is 321 g/mol. The number of fused-ring (bicyclic) bond motifs is 1. The maximum absolute atomic E-state index is 4.33. The summed E-state index contributed by atoms with van der Waals surface area (Å²) < 4.78 is 0. The fourth-order valence-corrected chi connectivity index (χ4v) is 2.94. The van der Waals surface area contributed by atoms with E-state index in [4.69, 9.17) is 0 Å². The molecule has 0 fully saturated rings. The Morgan fingerprint density at radius 1 is 1.22 bits per heavy atom. The second-order valence-electron chi connectivity index (χ2n) is 5.22. The number of hydrogen-bond acceptors (Lipinski definition) is 3. The lowest BCUT2D eigenvalue weighted by atomic mass is 10.0. The molecule has 2 N–H and O–H groups in total. The lowest BCUT2D eigenvalue weighted by Gasteiger charge is -2.08. The van der Waals surface area contributed by atoms with Crippen molar-refractivity contribution in [1.82, 2.24) is 15.3 Å². The first kappa shape index (κ1) is 15.6. The van der Waals surface area contributed by atoms with Crippen LogP contribution < -0.4 is 5.32 Å². The molecule has 1 aromatic carbocycles. The molecule has 4 heteroatoms. The van der Waals surface area contributed by atoms with Crippen LogP contribution in [0.2, 0.25) is 0 Å². The summed E-state index contributed by atoms with van der Waals surface area (Å²) in [5, 5.41) is 6.34. The minimum absolute atomic E-state index is 0.784. The minimum atomic E-state index is 0.784. The largest absolute Gasteiger partial charge is 0.346 e. The number of rotatable bonds is 7. The van der Waals surface area contributed by atoms with Crippen LogP contribution in [-0.4, -0.2) is 16.5 Å². The van der Waals surface area contributed by atoms with Crippen LogP contribution in [0, 0.1) is 0 Å². The number of pyridine rings is 1. The van der Waals surface area contributed by atoms with Gasteiger partial charge in [-0.05, 0) is 39.1 Å². The molecule has 0 bridgehead atoms. The van der Waals surface area contributed by atoms with Crippen molar-refractivity contribution in [1.29, 1.82) is 0 Å². The molecular formula is C19H19N3S. The van der Waals surface area contributed by atoms with Gasteiger partial charge in [0.05, 0.1) is 0 Å². The van der Waals surface area contributed by atoms with Gasteiger partial charge in [0.2, 0.25) is 0 Å². The van der Waals surface area contributed by atoms with Crippen LogP contribution >= 0.6 is 11.8 Å². The topological polar surface area (TPSA) is 40.7 Å². The van der Waals surface area contributed by atoms with Crippen LogP contribution in [-0.2, 0) is 6.54 Å². The van der Waals surface area contributed by atoms with Gasteiger partial charge in [-0.1, -0.05) is 37.4 Å². The van der Waals surface area contributed by atoms with Gasteiger partial charge in [0, 0.05) is 30.9 Å². The summed E-state index contributed by atoms with van der Waals surface area (Å²) in [6.07, 6.45) is 3.76. The summed E-state index contributed by atoms with van der Waals surface area (Å²) >= 11 is 1.57. The summed E-state index contributed by atoms with van der Waals surface area (Å²) in [4.78, 5) is 8.56. The molecule has 0 aliphatic rings. The van der Waals surface area contributed by atoms with E-state index in [1.807, 2.05) is 12.4 Å². The molecule has 3 rings (SSSR count). The van der Waals surface area contributed by atoms with Crippen LogP contribution in [0.1, 0.15) is 5.56 Å². The zero-order chi connectivity index (χ0) is 16.1. The summed E-state index contributed by atoms with van der Waals surface area (Å²) in [7, 11) is 0. The molecule has 0 atom stereocenters. The first-order valence-corrected chi connectivity index (χ1v) is 8.33. The van der Waals surface area contributed by atoms with Gasteiger partial charge in [0.15, 0.2) is 0 Å². The van der Waals surface area contributed by atoms with Crippen LogP contribution in [0.5, 0.6) is 0 Å². The maximum atomic E-state index is 4.33. The highest BCUT2D eigenvalue weighted by Crippen LogP contribution is 2.27. The molecule has 3 nitrogen and oxygen atoms in total. The Labute approximate surface area is 140 Å². The Morgan fingerprint density at radius 2 is 2.04 bits per heavy atom. The highest BCUT2D eigenvalue weighted by atomic mass is 32.2. The fourth-order valence-electron chi connectivity index (χ4n) is 2.52. The SMILES string of the molecule is C=CSC(=C)CNCc1ccc(-c2ccnc3[nH]ccc23)cc1. The predicted octanol–water partition coefficient (Wildman–Crippen LogP) is 4.71. The van der Waals surface area contributed by atoms with E-state index in [9.17, 15) is 0 Å². The number of aromatic nitrogens is 2. The van der Waals surface area contributed by atoms with Crippen molar-refractivity contribution in [2.24, 2.45) is 0 Å². The molecule has 0 saturated heterocycles. The normalized spacial score (nSPS) is 10.8. The Hall–Kier alpha value is -2.30. The molecule has 0 unspecified atom stereocenters. The van der Waals surface area contributed by atoms with Crippen molar-refractivity contribution in [3.63, 3.8) is 0 Å². The van der Waals surface area contributed by atoms with Crippen molar-refractivity contribution < 1.29 is 0 Å². The molecule has 116 valence electrons. The highest BCUT2D eigenvalue weighted by Gasteiger charge is 2.05. The van der Waals surface area contributed by atoms with Crippen LogP contribution in [0.15, 0.2) is 72.3 Å². The molecule has 3 aromatic rings. The molecule has 0 aliphatic heterocycles. The third kappa shape index (κ3) is 3.73. The molecule has 2 aromatic heterocycles. The van der Waals surface area contributed by atoms with Crippen LogP contribution in [0.25, 0.3) is 22.2 Å². The smallest absolute Gasteiger partial charge is 0.137 e. The molecule has 2 heterocycles. The van der Waals surface area contributed by atoms with Crippen molar-refractivity contribution >= 4 is 22.8 Å². The molecule has 0 amide bonds. The Morgan fingerprint density at radius 3 is 2.83 bits per heavy atom. The van der Waals surface area contributed by atoms with Gasteiger partial charge in [0.25, 0.3) is 0 Å². The highest BCUT2D eigenvalue weighted by molar-refractivity contribution is 8.05. The van der Waals surface area contributed by atoms with Gasteiger partial charge >= 0.3 is 0 Å². The van der Waals surface area contributed by atoms with Crippen LogP contribution in [0.3, 0.4) is 0 Å². The zero-order valence-electron chi connectivity index (χ0n) is 12.9. The zero-order valence-corrected chi connectivity index (χ0v) is 13.7. The average Bonchev–Trinajstić information content (AvgIpc) is 3.04. The molecule has 0 radical (unpaired) electrons. The third-order valence-electron chi connectivity index (χ3n) is 3.63. The Bertz CT molecular complexity index is 818. The number of H-pyrrole nitrogens is 1. The minimum Gasteiger partial charge on any atom is -0.346 e. The van der Waals surface area contributed by atoms with Crippen molar-refractivity contribution in [2.75, 3.05) is 6.54 Å². The van der Waals surface area contributed by atoms with Crippen molar-refractivity contribution in [3.8, 4) is 11.1 Å². The number of nitrogens with one attached hydrogen (secondary N) is 2. The quantitative estimate of drug-likeness (QED) is 0.662. The second-order valence-corrected chi connectivity index (χ2v) is 6.37. The second kappa shape index (κ2) is 7.31. The molecule has 0 spiro atoms. The predicted molar refractivity (Wildman–Crippen MR) is 100 cm³/mol. The van der Waals surface area contributed by atoms with E-state index in [2.05, 4.69) is 64.8 Å². The third-order valence-corrected chi connectivity index (χ3v) is 4.27. The molecule has 0 saturated carbocycles. The molecular weight excluding hydrogens is 302 g/mol. The van der Waals surface area contributed by atoms with Gasteiger partial charge in [-0.3, -0.25) is 0 Å². The van der Waals surface area contributed by atoms with Gasteiger partial charge in [-0.15, -0.1) is 11.8 Å². The van der Waals surface area contributed by atoms with E-state index in [0.29, 0.717) is 0 Å². The first-order valence-electron chi connectivity index (χ1n) is 7.45. The number of nitrogens with zero attached hydrogens (tertiary/aromatic N) is 1. The Balaban J connectivity index is 1.69.